The number of anilines is 2. The molecule has 29 heavy (non-hydrogen) atoms. The quantitative estimate of drug-likeness (QED) is 0.699. The highest BCUT2D eigenvalue weighted by molar-refractivity contribution is 6.35. The van der Waals surface area contributed by atoms with Gasteiger partial charge >= 0.3 is 5.97 Å². The zero-order valence-electron chi connectivity index (χ0n) is 15.5. The van der Waals surface area contributed by atoms with E-state index in [4.69, 9.17) is 32.7 Å². The predicted octanol–water partition coefficient (Wildman–Crippen LogP) is 3.54. The van der Waals surface area contributed by atoms with Crippen molar-refractivity contribution in [1.29, 1.82) is 0 Å². The molecule has 2 aromatic carbocycles. The van der Waals surface area contributed by atoms with E-state index in [1.54, 1.807) is 42.5 Å². The summed E-state index contributed by atoms with van der Waals surface area (Å²) in [5.41, 5.74) is 0.905. The van der Waals surface area contributed by atoms with Gasteiger partial charge in [0.05, 0.1) is 29.4 Å². The van der Waals surface area contributed by atoms with Crippen molar-refractivity contribution >= 4 is 52.4 Å². The Balaban J connectivity index is 1.57. The lowest BCUT2D eigenvalue weighted by Crippen LogP contribution is -2.28. The zero-order valence-corrected chi connectivity index (χ0v) is 17.0. The van der Waals surface area contributed by atoms with Crippen molar-refractivity contribution in [1.82, 2.24) is 0 Å². The topological polar surface area (TPSA) is 84.9 Å². The molecule has 0 unspecified atom stereocenters. The molecule has 1 heterocycles. The maximum atomic E-state index is 12.3. The standard InChI is InChI=1S/C20H18Cl2N2O5/c1-28-17-5-3-2-4-15(17)23-18(25)11-29-20(27)12-8-19(26)24(10-12)16-9-13(21)6-7-14(16)22/h2-7,9,12H,8,10-11H2,1H3,(H,23,25)/t12-/m0/s1. The van der Waals surface area contributed by atoms with Crippen LogP contribution in [0.5, 0.6) is 5.75 Å². The first kappa shape index (κ1) is 21.0. The van der Waals surface area contributed by atoms with Crippen LogP contribution in [0.15, 0.2) is 42.5 Å². The van der Waals surface area contributed by atoms with E-state index in [0.29, 0.717) is 27.2 Å². The van der Waals surface area contributed by atoms with Crippen molar-refractivity contribution < 1.29 is 23.9 Å². The molecule has 0 spiro atoms. The van der Waals surface area contributed by atoms with Gasteiger partial charge in [0.2, 0.25) is 5.91 Å². The molecule has 1 aliphatic heterocycles. The average molecular weight is 437 g/mol. The molecule has 7 nitrogen and oxygen atoms in total. The molecule has 0 aromatic heterocycles. The van der Waals surface area contributed by atoms with E-state index < -0.39 is 24.4 Å². The average Bonchev–Trinajstić information content (AvgIpc) is 3.10. The monoisotopic (exact) mass is 436 g/mol. The summed E-state index contributed by atoms with van der Waals surface area (Å²) in [5.74, 6) is -1.62. The van der Waals surface area contributed by atoms with E-state index in [1.165, 1.54) is 12.0 Å². The summed E-state index contributed by atoms with van der Waals surface area (Å²) in [7, 11) is 1.49. The number of rotatable bonds is 6. The van der Waals surface area contributed by atoms with Gasteiger partial charge in [-0.15, -0.1) is 0 Å². The Labute approximate surface area is 177 Å². The van der Waals surface area contributed by atoms with E-state index >= 15 is 0 Å². The maximum Gasteiger partial charge on any atom is 0.311 e. The van der Waals surface area contributed by atoms with Gasteiger partial charge in [-0.05, 0) is 30.3 Å². The molecule has 0 bridgehead atoms. The number of carbonyl (C=O) groups excluding carboxylic acids is 3. The molecule has 1 aliphatic rings. The van der Waals surface area contributed by atoms with Crippen molar-refractivity contribution in [2.75, 3.05) is 30.5 Å². The smallest absolute Gasteiger partial charge is 0.311 e. The molecule has 152 valence electrons. The van der Waals surface area contributed by atoms with Crippen molar-refractivity contribution in [2.45, 2.75) is 6.42 Å². The van der Waals surface area contributed by atoms with Gasteiger partial charge in [0.15, 0.2) is 6.61 Å². The molecule has 0 radical (unpaired) electrons. The highest BCUT2D eigenvalue weighted by atomic mass is 35.5. The predicted molar refractivity (Wildman–Crippen MR) is 110 cm³/mol. The highest BCUT2D eigenvalue weighted by Gasteiger charge is 2.37. The SMILES string of the molecule is COc1ccccc1NC(=O)COC(=O)[C@H]1CC(=O)N(c2cc(Cl)ccc2Cl)C1. The van der Waals surface area contributed by atoms with Gasteiger partial charge in [0.25, 0.3) is 5.91 Å². The minimum absolute atomic E-state index is 0.0319. The van der Waals surface area contributed by atoms with Crippen LogP contribution < -0.4 is 15.0 Å². The fraction of sp³-hybridized carbons (Fsp3) is 0.250. The Hall–Kier alpha value is -2.77. The number of nitrogens with zero attached hydrogens (tertiary/aromatic N) is 1. The number of nitrogens with one attached hydrogen (secondary N) is 1. The molecule has 2 aromatic rings. The van der Waals surface area contributed by atoms with Crippen LogP contribution in [0.4, 0.5) is 11.4 Å². The van der Waals surface area contributed by atoms with Crippen LogP contribution in [0.25, 0.3) is 0 Å². The van der Waals surface area contributed by atoms with E-state index in [9.17, 15) is 14.4 Å². The van der Waals surface area contributed by atoms with Gasteiger partial charge in [-0.25, -0.2) is 0 Å². The molecule has 9 heteroatoms. The molecule has 0 aliphatic carbocycles. The molecule has 1 fully saturated rings. The van der Waals surface area contributed by atoms with Crippen LogP contribution in [0.3, 0.4) is 0 Å². The molecule has 1 saturated heterocycles. The Morgan fingerprint density at radius 2 is 1.97 bits per heavy atom. The second-order valence-corrected chi connectivity index (χ2v) is 7.20. The fourth-order valence-electron chi connectivity index (χ4n) is 2.98. The molecule has 2 amide bonds. The summed E-state index contributed by atoms with van der Waals surface area (Å²) in [4.78, 5) is 38.1. The summed E-state index contributed by atoms with van der Waals surface area (Å²) in [6.45, 7) is -0.370. The van der Waals surface area contributed by atoms with E-state index in [0.717, 1.165) is 0 Å². The van der Waals surface area contributed by atoms with Gasteiger partial charge in [0, 0.05) is 18.0 Å². The van der Waals surface area contributed by atoms with E-state index in [1.807, 2.05) is 0 Å². The van der Waals surface area contributed by atoms with Crippen LogP contribution >= 0.6 is 23.2 Å². The number of esters is 1. The Bertz CT molecular complexity index is 950. The minimum Gasteiger partial charge on any atom is -0.495 e. The van der Waals surface area contributed by atoms with Crippen molar-refractivity contribution in [3.8, 4) is 5.75 Å². The Morgan fingerprint density at radius 1 is 1.21 bits per heavy atom. The second kappa shape index (κ2) is 9.15. The molecule has 1 N–H and O–H groups in total. The fourth-order valence-corrected chi connectivity index (χ4v) is 3.37. The van der Waals surface area contributed by atoms with Crippen molar-refractivity contribution in [3.05, 3.63) is 52.5 Å². The number of para-hydroxylation sites is 2. The van der Waals surface area contributed by atoms with Crippen molar-refractivity contribution in [3.63, 3.8) is 0 Å². The number of methoxy groups -OCH3 is 1. The van der Waals surface area contributed by atoms with Crippen LogP contribution in [-0.4, -0.2) is 38.0 Å². The third kappa shape index (κ3) is 4.99. The minimum atomic E-state index is -0.698. The third-order valence-electron chi connectivity index (χ3n) is 4.38. The van der Waals surface area contributed by atoms with Gasteiger partial charge in [-0.1, -0.05) is 35.3 Å². The van der Waals surface area contributed by atoms with Crippen LogP contribution in [0.2, 0.25) is 10.0 Å². The highest BCUT2D eigenvalue weighted by Crippen LogP contribution is 2.33. The summed E-state index contributed by atoms with van der Waals surface area (Å²) in [5, 5.41) is 3.40. The summed E-state index contributed by atoms with van der Waals surface area (Å²) in [6.07, 6.45) is -0.0319. The van der Waals surface area contributed by atoms with Crippen LogP contribution in [0, 0.1) is 5.92 Å². The normalized spacial score (nSPS) is 15.9. The lowest BCUT2D eigenvalue weighted by Gasteiger charge is -2.18. The summed E-state index contributed by atoms with van der Waals surface area (Å²) in [6, 6.07) is 11.6. The number of halogens is 2. The first-order valence-electron chi connectivity index (χ1n) is 8.74. The third-order valence-corrected chi connectivity index (χ3v) is 4.94. The first-order chi connectivity index (χ1) is 13.9. The maximum absolute atomic E-state index is 12.3. The van der Waals surface area contributed by atoms with Gasteiger partial charge in [-0.2, -0.15) is 0 Å². The summed E-state index contributed by atoms with van der Waals surface area (Å²) >= 11 is 12.1. The number of hydrogen-bond donors (Lipinski definition) is 1. The van der Waals surface area contributed by atoms with Crippen LogP contribution in [-0.2, 0) is 19.1 Å². The number of amides is 2. The summed E-state index contributed by atoms with van der Waals surface area (Å²) < 4.78 is 10.2. The number of ether oxygens (including phenoxy) is 2. The van der Waals surface area contributed by atoms with E-state index in [2.05, 4.69) is 5.32 Å². The zero-order chi connectivity index (χ0) is 21.0. The molecular weight excluding hydrogens is 419 g/mol. The van der Waals surface area contributed by atoms with Gasteiger partial charge in [0.1, 0.15) is 5.75 Å². The first-order valence-corrected chi connectivity index (χ1v) is 9.49. The van der Waals surface area contributed by atoms with Crippen molar-refractivity contribution in [2.24, 2.45) is 5.92 Å². The number of hydrogen-bond acceptors (Lipinski definition) is 5. The number of carbonyl (C=O) groups is 3. The van der Waals surface area contributed by atoms with E-state index in [-0.39, 0.29) is 18.9 Å². The van der Waals surface area contributed by atoms with Gasteiger partial charge < -0.3 is 19.7 Å². The second-order valence-electron chi connectivity index (χ2n) is 6.36. The molecular formula is C20H18Cl2N2O5. The lowest BCUT2D eigenvalue weighted by atomic mass is 10.1. The molecule has 3 rings (SSSR count). The Kier molecular flexibility index (Phi) is 6.61. The largest absolute Gasteiger partial charge is 0.495 e. The van der Waals surface area contributed by atoms with Crippen LogP contribution in [0.1, 0.15) is 6.42 Å². The number of benzene rings is 2. The van der Waals surface area contributed by atoms with Gasteiger partial charge in [-0.3, -0.25) is 14.4 Å². The molecule has 0 saturated carbocycles. The Morgan fingerprint density at radius 3 is 2.72 bits per heavy atom. The molecule has 1 atom stereocenters. The lowest BCUT2D eigenvalue weighted by molar-refractivity contribution is -0.151.